The fourth-order valence-electron chi connectivity index (χ4n) is 4.10. The van der Waals surface area contributed by atoms with Gasteiger partial charge in [-0.15, -0.1) is 0 Å². The van der Waals surface area contributed by atoms with Crippen LogP contribution in [0.3, 0.4) is 0 Å². The average Bonchev–Trinajstić information content (AvgIpc) is 3.12. The summed E-state index contributed by atoms with van der Waals surface area (Å²) in [6, 6.07) is 22.6. The Labute approximate surface area is 181 Å². The first-order valence-corrected chi connectivity index (χ1v) is 10.5. The van der Waals surface area contributed by atoms with Crippen LogP contribution in [0.1, 0.15) is 29.0 Å². The molecule has 0 aromatic heterocycles. The lowest BCUT2D eigenvalue weighted by molar-refractivity contribution is -0.108. The van der Waals surface area contributed by atoms with E-state index < -0.39 is 6.09 Å². The molecule has 3 aromatic rings. The summed E-state index contributed by atoms with van der Waals surface area (Å²) in [7, 11) is 0. The maximum atomic E-state index is 13.1. The zero-order valence-electron chi connectivity index (χ0n) is 17.2. The van der Waals surface area contributed by atoms with Crippen molar-refractivity contribution in [1.82, 2.24) is 4.90 Å². The van der Waals surface area contributed by atoms with Crippen LogP contribution in [0.25, 0.3) is 11.1 Å². The van der Waals surface area contributed by atoms with Gasteiger partial charge >= 0.3 is 6.09 Å². The van der Waals surface area contributed by atoms with Crippen LogP contribution >= 0.6 is 0 Å². The Morgan fingerprint density at radius 1 is 0.903 bits per heavy atom. The summed E-state index contributed by atoms with van der Waals surface area (Å²) in [4.78, 5) is 25.2. The number of halogens is 1. The standard InChI is InChI=1S/C26H24FNO3/c27-20-12-10-19(11-13-20)14-16-28(15-5-17-29)26(30)31-18-25-23-8-3-1-6-21(23)22-7-2-4-9-24(22)25/h1-4,6-13,17,25H,5,14-16,18H2. The lowest BCUT2D eigenvalue weighted by atomic mass is 9.98. The van der Waals surface area contributed by atoms with Crippen LogP contribution in [0.2, 0.25) is 0 Å². The summed E-state index contributed by atoms with van der Waals surface area (Å²) in [5.74, 6) is -0.306. The molecule has 0 N–H and O–H groups in total. The summed E-state index contributed by atoms with van der Waals surface area (Å²) in [5, 5.41) is 0. The largest absolute Gasteiger partial charge is 0.448 e. The Balaban J connectivity index is 1.44. The third-order valence-corrected chi connectivity index (χ3v) is 5.69. The van der Waals surface area contributed by atoms with Gasteiger partial charge < -0.3 is 14.4 Å². The number of carbonyl (C=O) groups excluding carboxylic acids is 2. The first kappa shape index (κ1) is 20.8. The molecular weight excluding hydrogens is 393 g/mol. The predicted octanol–water partition coefficient (Wildman–Crippen LogP) is 5.21. The van der Waals surface area contributed by atoms with Crippen LogP contribution in [0, 0.1) is 5.82 Å². The smallest absolute Gasteiger partial charge is 0.409 e. The maximum Gasteiger partial charge on any atom is 0.409 e. The van der Waals surface area contributed by atoms with E-state index >= 15 is 0 Å². The molecule has 4 rings (SSSR count). The Hall–Kier alpha value is -3.47. The van der Waals surface area contributed by atoms with Gasteiger partial charge in [0, 0.05) is 25.4 Å². The van der Waals surface area contributed by atoms with E-state index in [4.69, 9.17) is 4.74 Å². The molecule has 0 heterocycles. The number of hydrogen-bond acceptors (Lipinski definition) is 3. The quantitative estimate of drug-likeness (QED) is 0.473. The molecule has 5 heteroatoms. The van der Waals surface area contributed by atoms with Crippen molar-refractivity contribution in [3.63, 3.8) is 0 Å². The Kier molecular flexibility index (Phi) is 6.41. The first-order chi connectivity index (χ1) is 15.2. The van der Waals surface area contributed by atoms with Crippen LogP contribution in [0.4, 0.5) is 9.18 Å². The maximum absolute atomic E-state index is 13.1. The van der Waals surface area contributed by atoms with Crippen molar-refractivity contribution in [3.05, 3.63) is 95.3 Å². The molecule has 158 valence electrons. The molecule has 0 radical (unpaired) electrons. The minimum absolute atomic E-state index is 0.0126. The Morgan fingerprint density at radius 3 is 2.13 bits per heavy atom. The number of nitrogens with zero attached hydrogens (tertiary/aromatic N) is 1. The van der Waals surface area contributed by atoms with Gasteiger partial charge in [0.2, 0.25) is 0 Å². The van der Waals surface area contributed by atoms with Gasteiger partial charge in [-0.1, -0.05) is 60.7 Å². The average molecular weight is 417 g/mol. The van der Waals surface area contributed by atoms with Crippen molar-refractivity contribution in [2.75, 3.05) is 19.7 Å². The Morgan fingerprint density at radius 2 is 1.52 bits per heavy atom. The molecule has 0 bridgehead atoms. The van der Waals surface area contributed by atoms with E-state index in [1.807, 2.05) is 24.3 Å². The van der Waals surface area contributed by atoms with E-state index in [-0.39, 0.29) is 24.8 Å². The fraction of sp³-hybridized carbons (Fsp3) is 0.231. The zero-order valence-corrected chi connectivity index (χ0v) is 17.2. The summed E-state index contributed by atoms with van der Waals surface area (Å²) in [6.07, 6.45) is 1.16. The lowest BCUT2D eigenvalue weighted by Crippen LogP contribution is -2.35. The fourth-order valence-corrected chi connectivity index (χ4v) is 4.10. The predicted molar refractivity (Wildman–Crippen MR) is 117 cm³/mol. The van der Waals surface area contributed by atoms with Gasteiger partial charge in [-0.2, -0.15) is 0 Å². The highest BCUT2D eigenvalue weighted by molar-refractivity contribution is 5.79. The van der Waals surface area contributed by atoms with Gasteiger partial charge in [0.15, 0.2) is 0 Å². The molecule has 0 saturated heterocycles. The SMILES string of the molecule is O=CCCN(CCc1ccc(F)cc1)C(=O)OCC1c2ccccc2-c2ccccc21. The van der Waals surface area contributed by atoms with Crippen molar-refractivity contribution in [3.8, 4) is 11.1 Å². The van der Waals surface area contributed by atoms with Crippen molar-refractivity contribution in [2.24, 2.45) is 0 Å². The van der Waals surface area contributed by atoms with Crippen LogP contribution in [-0.2, 0) is 16.0 Å². The van der Waals surface area contributed by atoms with Gasteiger partial charge in [-0.05, 0) is 46.4 Å². The van der Waals surface area contributed by atoms with Gasteiger partial charge in [0.1, 0.15) is 18.7 Å². The molecule has 1 aliphatic rings. The van der Waals surface area contributed by atoms with Gasteiger partial charge in [0.05, 0.1) is 0 Å². The highest BCUT2D eigenvalue weighted by Gasteiger charge is 2.29. The number of rotatable bonds is 8. The number of aldehydes is 1. The molecule has 1 amide bonds. The molecule has 0 saturated carbocycles. The first-order valence-electron chi connectivity index (χ1n) is 10.5. The third kappa shape index (κ3) is 4.66. The number of fused-ring (bicyclic) bond motifs is 3. The molecular formula is C26H24FNO3. The number of hydrogen-bond donors (Lipinski definition) is 0. The van der Waals surface area contributed by atoms with Gasteiger partial charge in [0.25, 0.3) is 0 Å². The zero-order chi connectivity index (χ0) is 21.6. The van der Waals surface area contributed by atoms with Gasteiger partial charge in [-0.3, -0.25) is 0 Å². The number of benzene rings is 3. The minimum Gasteiger partial charge on any atom is -0.448 e. The summed E-state index contributed by atoms with van der Waals surface area (Å²) < 4.78 is 18.8. The lowest BCUT2D eigenvalue weighted by Gasteiger charge is -2.23. The van der Waals surface area contributed by atoms with Crippen molar-refractivity contribution < 1.29 is 18.7 Å². The molecule has 1 aliphatic carbocycles. The van der Waals surface area contributed by atoms with Crippen molar-refractivity contribution >= 4 is 12.4 Å². The summed E-state index contributed by atoms with van der Waals surface area (Å²) >= 11 is 0. The van der Waals surface area contributed by atoms with Crippen LogP contribution in [-0.4, -0.2) is 37.0 Å². The molecule has 0 aliphatic heterocycles. The minimum atomic E-state index is -0.439. The van der Waals surface area contributed by atoms with Crippen LogP contribution < -0.4 is 0 Å². The highest BCUT2D eigenvalue weighted by Crippen LogP contribution is 2.44. The van der Waals surface area contributed by atoms with E-state index in [9.17, 15) is 14.0 Å². The number of amides is 1. The second-order valence-corrected chi connectivity index (χ2v) is 7.62. The topological polar surface area (TPSA) is 46.6 Å². The van der Waals surface area contributed by atoms with Gasteiger partial charge in [-0.25, -0.2) is 9.18 Å². The number of carbonyl (C=O) groups is 2. The monoisotopic (exact) mass is 417 g/mol. The summed E-state index contributed by atoms with van der Waals surface area (Å²) in [6.45, 7) is 0.929. The molecule has 0 unspecified atom stereocenters. The molecule has 0 fully saturated rings. The molecule has 3 aromatic carbocycles. The van der Waals surface area contributed by atoms with E-state index in [1.54, 1.807) is 17.0 Å². The number of ether oxygens (including phenoxy) is 1. The molecule has 0 atom stereocenters. The van der Waals surface area contributed by atoms with E-state index in [0.717, 1.165) is 23.0 Å². The third-order valence-electron chi connectivity index (χ3n) is 5.69. The Bertz CT molecular complexity index is 1020. The van der Waals surface area contributed by atoms with E-state index in [2.05, 4.69) is 24.3 Å². The summed E-state index contributed by atoms with van der Waals surface area (Å²) in [5.41, 5.74) is 5.58. The van der Waals surface area contributed by atoms with Crippen molar-refractivity contribution in [2.45, 2.75) is 18.8 Å². The van der Waals surface area contributed by atoms with Crippen LogP contribution in [0.15, 0.2) is 72.8 Å². The van der Waals surface area contributed by atoms with E-state index in [1.165, 1.54) is 23.3 Å². The van der Waals surface area contributed by atoms with Crippen molar-refractivity contribution in [1.29, 1.82) is 0 Å². The highest BCUT2D eigenvalue weighted by atomic mass is 19.1. The molecule has 4 nitrogen and oxygen atoms in total. The normalized spacial score (nSPS) is 12.2. The second kappa shape index (κ2) is 9.56. The molecule has 0 spiro atoms. The molecule has 31 heavy (non-hydrogen) atoms. The van der Waals surface area contributed by atoms with E-state index in [0.29, 0.717) is 19.5 Å². The second-order valence-electron chi connectivity index (χ2n) is 7.62. The van der Waals surface area contributed by atoms with Crippen LogP contribution in [0.5, 0.6) is 0 Å².